The SMILES string of the molecule is CCn1c(Cc2ccccc2)nnc1SCC1(O)CCCCC1. The third kappa shape index (κ3) is 4.15. The van der Waals surface area contributed by atoms with E-state index < -0.39 is 5.60 Å². The van der Waals surface area contributed by atoms with Crippen molar-refractivity contribution in [2.24, 2.45) is 0 Å². The van der Waals surface area contributed by atoms with Crippen LogP contribution in [0.4, 0.5) is 0 Å². The molecule has 1 N–H and O–H groups in total. The standard InChI is InChI=1S/C18H25N3OS/c1-2-21-16(13-15-9-5-3-6-10-15)19-20-17(21)23-14-18(22)11-7-4-8-12-18/h3,5-6,9-10,22H,2,4,7-8,11-14H2,1H3. The molecule has 1 fully saturated rings. The smallest absolute Gasteiger partial charge is 0.191 e. The van der Waals surface area contributed by atoms with Crippen molar-refractivity contribution in [3.63, 3.8) is 0 Å². The Hall–Kier alpha value is -1.33. The van der Waals surface area contributed by atoms with Crippen LogP contribution in [0.15, 0.2) is 35.5 Å². The minimum absolute atomic E-state index is 0.521. The van der Waals surface area contributed by atoms with Crippen molar-refractivity contribution >= 4 is 11.8 Å². The third-order valence-corrected chi connectivity index (χ3v) is 5.81. The first-order valence-corrected chi connectivity index (χ1v) is 9.50. The fourth-order valence-corrected chi connectivity index (χ4v) is 4.38. The number of aromatic nitrogens is 3. The van der Waals surface area contributed by atoms with E-state index in [4.69, 9.17) is 0 Å². The predicted octanol–water partition coefficient (Wildman–Crippen LogP) is 3.68. The molecule has 0 bridgehead atoms. The Balaban J connectivity index is 1.68. The lowest BCUT2D eigenvalue weighted by atomic mass is 9.86. The second-order valence-corrected chi connectivity index (χ2v) is 7.32. The molecule has 4 nitrogen and oxygen atoms in total. The second-order valence-electron chi connectivity index (χ2n) is 6.38. The molecular weight excluding hydrogens is 306 g/mol. The van der Waals surface area contributed by atoms with Crippen LogP contribution in [0.5, 0.6) is 0 Å². The van der Waals surface area contributed by atoms with Gasteiger partial charge in [-0.3, -0.25) is 0 Å². The molecular formula is C18H25N3OS. The molecule has 0 aliphatic heterocycles. The highest BCUT2D eigenvalue weighted by Gasteiger charge is 2.30. The van der Waals surface area contributed by atoms with Crippen molar-refractivity contribution in [3.8, 4) is 0 Å². The van der Waals surface area contributed by atoms with Gasteiger partial charge in [-0.25, -0.2) is 0 Å². The summed E-state index contributed by atoms with van der Waals surface area (Å²) in [5.41, 5.74) is 0.726. The molecule has 124 valence electrons. The zero-order valence-corrected chi connectivity index (χ0v) is 14.6. The molecule has 0 spiro atoms. The maximum atomic E-state index is 10.7. The summed E-state index contributed by atoms with van der Waals surface area (Å²) in [4.78, 5) is 0. The van der Waals surface area contributed by atoms with Crippen molar-refractivity contribution in [2.75, 3.05) is 5.75 Å². The van der Waals surface area contributed by atoms with Gasteiger partial charge in [0, 0.05) is 18.7 Å². The first-order valence-electron chi connectivity index (χ1n) is 8.51. The van der Waals surface area contributed by atoms with E-state index in [1.165, 1.54) is 12.0 Å². The number of hydrogen-bond donors (Lipinski definition) is 1. The van der Waals surface area contributed by atoms with Crippen molar-refractivity contribution in [1.29, 1.82) is 0 Å². The van der Waals surface area contributed by atoms with E-state index in [2.05, 4.69) is 46.0 Å². The van der Waals surface area contributed by atoms with Gasteiger partial charge in [0.25, 0.3) is 0 Å². The summed E-state index contributed by atoms with van der Waals surface area (Å²) < 4.78 is 2.17. The van der Waals surface area contributed by atoms with Crippen LogP contribution in [0.1, 0.15) is 50.4 Å². The van der Waals surface area contributed by atoms with E-state index in [0.717, 1.165) is 55.4 Å². The maximum absolute atomic E-state index is 10.7. The highest BCUT2D eigenvalue weighted by atomic mass is 32.2. The van der Waals surface area contributed by atoms with Gasteiger partial charge in [0.2, 0.25) is 0 Å². The maximum Gasteiger partial charge on any atom is 0.191 e. The molecule has 0 unspecified atom stereocenters. The number of rotatable bonds is 6. The van der Waals surface area contributed by atoms with Gasteiger partial charge in [-0.15, -0.1) is 10.2 Å². The minimum Gasteiger partial charge on any atom is -0.389 e. The van der Waals surface area contributed by atoms with Crippen molar-refractivity contribution in [3.05, 3.63) is 41.7 Å². The third-order valence-electron chi connectivity index (χ3n) is 4.57. The summed E-state index contributed by atoms with van der Waals surface area (Å²) in [6.07, 6.45) is 6.15. The molecule has 5 heteroatoms. The minimum atomic E-state index is -0.521. The van der Waals surface area contributed by atoms with E-state index in [-0.39, 0.29) is 0 Å². The van der Waals surface area contributed by atoms with Gasteiger partial charge < -0.3 is 9.67 Å². The van der Waals surface area contributed by atoms with Crippen LogP contribution in [0.2, 0.25) is 0 Å². The average Bonchev–Trinajstić information content (AvgIpc) is 2.96. The van der Waals surface area contributed by atoms with E-state index in [0.29, 0.717) is 0 Å². The van der Waals surface area contributed by atoms with Crippen LogP contribution < -0.4 is 0 Å². The second kappa shape index (κ2) is 7.49. The highest BCUT2D eigenvalue weighted by Crippen LogP contribution is 2.33. The Kier molecular flexibility index (Phi) is 5.38. The Morgan fingerprint density at radius 3 is 2.57 bits per heavy atom. The van der Waals surface area contributed by atoms with Gasteiger partial charge in [-0.05, 0) is 25.3 Å². The Bertz CT molecular complexity index is 620. The molecule has 1 aromatic carbocycles. The van der Waals surface area contributed by atoms with Crippen LogP contribution in [-0.4, -0.2) is 31.2 Å². The van der Waals surface area contributed by atoms with E-state index in [1.54, 1.807) is 11.8 Å². The number of thioether (sulfide) groups is 1. The molecule has 1 aliphatic carbocycles. The average molecular weight is 331 g/mol. The number of benzene rings is 1. The summed E-state index contributed by atoms with van der Waals surface area (Å²) in [5, 5.41) is 20.3. The summed E-state index contributed by atoms with van der Waals surface area (Å²) in [7, 11) is 0. The van der Waals surface area contributed by atoms with Crippen LogP contribution in [0, 0.1) is 0 Å². The van der Waals surface area contributed by atoms with Crippen molar-refractivity contribution in [1.82, 2.24) is 14.8 Å². The molecule has 2 aromatic rings. The van der Waals surface area contributed by atoms with E-state index >= 15 is 0 Å². The van der Waals surface area contributed by atoms with Crippen LogP contribution in [-0.2, 0) is 13.0 Å². The fourth-order valence-electron chi connectivity index (χ4n) is 3.21. The van der Waals surface area contributed by atoms with Crippen molar-refractivity contribution in [2.45, 2.75) is 62.8 Å². The molecule has 0 saturated heterocycles. The Morgan fingerprint density at radius 2 is 1.87 bits per heavy atom. The van der Waals surface area contributed by atoms with Crippen LogP contribution in [0.3, 0.4) is 0 Å². The van der Waals surface area contributed by atoms with Crippen LogP contribution in [0.25, 0.3) is 0 Å². The lowest BCUT2D eigenvalue weighted by Gasteiger charge is -2.31. The first kappa shape index (κ1) is 16.5. The number of hydrogen-bond acceptors (Lipinski definition) is 4. The zero-order valence-electron chi connectivity index (χ0n) is 13.7. The lowest BCUT2D eigenvalue weighted by molar-refractivity contribution is 0.0272. The molecule has 1 aromatic heterocycles. The number of aliphatic hydroxyl groups is 1. The fraction of sp³-hybridized carbons (Fsp3) is 0.556. The first-order chi connectivity index (χ1) is 11.2. The van der Waals surface area contributed by atoms with Gasteiger partial charge in [-0.1, -0.05) is 61.4 Å². The lowest BCUT2D eigenvalue weighted by Crippen LogP contribution is -2.34. The molecule has 3 rings (SSSR count). The summed E-state index contributed by atoms with van der Waals surface area (Å²) in [6, 6.07) is 10.4. The van der Waals surface area contributed by atoms with Gasteiger partial charge in [0.1, 0.15) is 5.82 Å². The van der Waals surface area contributed by atoms with Gasteiger partial charge >= 0.3 is 0 Å². The monoisotopic (exact) mass is 331 g/mol. The predicted molar refractivity (Wildman–Crippen MR) is 93.7 cm³/mol. The molecule has 0 amide bonds. The largest absolute Gasteiger partial charge is 0.389 e. The topological polar surface area (TPSA) is 50.9 Å². The highest BCUT2D eigenvalue weighted by molar-refractivity contribution is 7.99. The molecule has 0 radical (unpaired) electrons. The molecule has 1 aliphatic rings. The Morgan fingerprint density at radius 1 is 1.13 bits per heavy atom. The molecule has 23 heavy (non-hydrogen) atoms. The zero-order chi connectivity index (χ0) is 16.1. The van der Waals surface area contributed by atoms with Crippen LogP contribution >= 0.6 is 11.8 Å². The van der Waals surface area contributed by atoms with E-state index in [9.17, 15) is 5.11 Å². The van der Waals surface area contributed by atoms with Gasteiger partial charge in [0.15, 0.2) is 5.16 Å². The summed E-state index contributed by atoms with van der Waals surface area (Å²) in [6.45, 7) is 2.98. The molecule has 0 atom stereocenters. The quantitative estimate of drug-likeness (QED) is 0.821. The van der Waals surface area contributed by atoms with Gasteiger partial charge in [-0.2, -0.15) is 0 Å². The summed E-state index contributed by atoms with van der Waals surface area (Å²) in [5.74, 6) is 1.72. The normalized spacial score (nSPS) is 17.3. The summed E-state index contributed by atoms with van der Waals surface area (Å²) >= 11 is 1.65. The molecule has 1 saturated carbocycles. The van der Waals surface area contributed by atoms with Gasteiger partial charge in [0.05, 0.1) is 5.60 Å². The number of nitrogens with zero attached hydrogens (tertiary/aromatic N) is 3. The van der Waals surface area contributed by atoms with Crippen molar-refractivity contribution < 1.29 is 5.11 Å². The van der Waals surface area contributed by atoms with E-state index in [1.807, 2.05) is 6.07 Å². The molecule has 1 heterocycles. The Labute approximate surface area is 142 Å².